The van der Waals surface area contributed by atoms with E-state index in [2.05, 4.69) is 25.7 Å². The molecule has 7 heteroatoms. The van der Waals surface area contributed by atoms with Crippen molar-refractivity contribution < 1.29 is 9.32 Å². The number of nitrogens with one attached hydrogen (secondary N) is 2. The molecule has 7 nitrogen and oxygen atoms in total. The Bertz CT molecular complexity index is 346. The third-order valence-corrected chi connectivity index (χ3v) is 2.87. The smallest absolute Gasteiger partial charge is 0.234 e. The molecule has 0 spiro atoms. The van der Waals surface area contributed by atoms with Crippen LogP contribution in [-0.2, 0) is 11.2 Å². The second-order valence-electron chi connectivity index (χ2n) is 4.31. The van der Waals surface area contributed by atoms with Crippen LogP contribution >= 0.6 is 0 Å². The van der Waals surface area contributed by atoms with E-state index >= 15 is 0 Å². The molecule has 2 rings (SSSR count). The fourth-order valence-electron chi connectivity index (χ4n) is 1.93. The number of rotatable bonds is 5. The van der Waals surface area contributed by atoms with Crippen LogP contribution in [0.15, 0.2) is 10.9 Å². The highest BCUT2D eigenvalue weighted by molar-refractivity contribution is 5.77. The van der Waals surface area contributed by atoms with Crippen LogP contribution < -0.4 is 10.6 Å². The Balaban J connectivity index is 1.62. The van der Waals surface area contributed by atoms with E-state index in [1.54, 1.807) is 0 Å². The first-order valence-electron chi connectivity index (χ1n) is 6.30. The van der Waals surface area contributed by atoms with Gasteiger partial charge in [-0.25, -0.2) is 0 Å². The highest BCUT2D eigenvalue weighted by atomic mass is 16.5. The van der Waals surface area contributed by atoms with Crippen molar-refractivity contribution in [1.29, 1.82) is 0 Å². The molecule has 1 aromatic heterocycles. The molecule has 1 saturated heterocycles. The maximum atomic E-state index is 11.7. The van der Waals surface area contributed by atoms with Gasteiger partial charge in [0.1, 0.15) is 0 Å². The highest BCUT2D eigenvalue weighted by Gasteiger charge is 2.12. The average molecular weight is 253 g/mol. The van der Waals surface area contributed by atoms with Gasteiger partial charge in [0.2, 0.25) is 11.8 Å². The van der Waals surface area contributed by atoms with Gasteiger partial charge in [0, 0.05) is 26.1 Å². The molecule has 1 amide bonds. The zero-order valence-electron chi connectivity index (χ0n) is 10.4. The number of carbonyl (C=O) groups excluding carboxylic acids is 1. The fourth-order valence-corrected chi connectivity index (χ4v) is 1.93. The summed E-state index contributed by atoms with van der Waals surface area (Å²) in [6, 6.07) is 0. The van der Waals surface area contributed by atoms with Gasteiger partial charge in [-0.2, -0.15) is 4.98 Å². The zero-order chi connectivity index (χ0) is 12.6. The van der Waals surface area contributed by atoms with Crippen LogP contribution in [0, 0.1) is 0 Å². The standard InChI is InChI=1S/C11H19N5O2/c17-10(8-16-6-1-3-12-5-7-16)13-4-2-11-14-9-15-18-11/h9,12H,1-8H2,(H,13,17). The minimum absolute atomic E-state index is 0.0522. The summed E-state index contributed by atoms with van der Waals surface area (Å²) in [6.45, 7) is 4.89. The van der Waals surface area contributed by atoms with E-state index in [1.165, 1.54) is 6.33 Å². The van der Waals surface area contributed by atoms with E-state index in [1.807, 2.05) is 0 Å². The van der Waals surface area contributed by atoms with Gasteiger partial charge in [-0.05, 0) is 19.5 Å². The molecule has 1 aliphatic heterocycles. The third-order valence-electron chi connectivity index (χ3n) is 2.87. The van der Waals surface area contributed by atoms with Gasteiger partial charge in [-0.1, -0.05) is 5.16 Å². The van der Waals surface area contributed by atoms with Crippen LogP contribution in [0.2, 0.25) is 0 Å². The normalized spacial score (nSPS) is 17.3. The van der Waals surface area contributed by atoms with E-state index < -0.39 is 0 Å². The van der Waals surface area contributed by atoms with Crippen molar-refractivity contribution in [1.82, 2.24) is 25.7 Å². The molecule has 0 saturated carbocycles. The summed E-state index contributed by atoms with van der Waals surface area (Å²) in [4.78, 5) is 17.8. The Labute approximate surface area is 106 Å². The van der Waals surface area contributed by atoms with Crippen LogP contribution in [0.5, 0.6) is 0 Å². The molecule has 100 valence electrons. The topological polar surface area (TPSA) is 83.3 Å². The molecule has 1 fully saturated rings. The van der Waals surface area contributed by atoms with Crippen LogP contribution in [0.3, 0.4) is 0 Å². The van der Waals surface area contributed by atoms with Gasteiger partial charge < -0.3 is 15.2 Å². The van der Waals surface area contributed by atoms with Crippen LogP contribution in [0.25, 0.3) is 0 Å². The molecule has 1 aromatic rings. The molecule has 0 unspecified atom stereocenters. The Hall–Kier alpha value is -1.47. The number of hydrogen-bond donors (Lipinski definition) is 2. The van der Waals surface area contributed by atoms with Gasteiger partial charge in [0.05, 0.1) is 6.54 Å². The van der Waals surface area contributed by atoms with Gasteiger partial charge in [0.15, 0.2) is 6.33 Å². The van der Waals surface area contributed by atoms with Crippen molar-refractivity contribution >= 4 is 5.91 Å². The Morgan fingerprint density at radius 1 is 1.50 bits per heavy atom. The number of aromatic nitrogens is 2. The number of carbonyl (C=O) groups is 1. The summed E-state index contributed by atoms with van der Waals surface area (Å²) in [7, 11) is 0. The van der Waals surface area contributed by atoms with E-state index in [-0.39, 0.29) is 5.91 Å². The van der Waals surface area contributed by atoms with E-state index in [0.29, 0.717) is 25.4 Å². The highest BCUT2D eigenvalue weighted by Crippen LogP contribution is 1.95. The molecule has 0 aromatic carbocycles. The van der Waals surface area contributed by atoms with E-state index in [0.717, 1.165) is 32.6 Å². The van der Waals surface area contributed by atoms with Gasteiger partial charge >= 0.3 is 0 Å². The second kappa shape index (κ2) is 7.07. The van der Waals surface area contributed by atoms with E-state index in [4.69, 9.17) is 4.52 Å². The van der Waals surface area contributed by atoms with Gasteiger partial charge in [-0.3, -0.25) is 9.69 Å². The predicted molar refractivity (Wildman–Crippen MR) is 64.9 cm³/mol. The third kappa shape index (κ3) is 4.42. The monoisotopic (exact) mass is 253 g/mol. The summed E-state index contributed by atoms with van der Waals surface area (Å²) in [5.74, 6) is 0.602. The maximum Gasteiger partial charge on any atom is 0.234 e. The van der Waals surface area contributed by atoms with Crippen LogP contribution in [0.4, 0.5) is 0 Å². The lowest BCUT2D eigenvalue weighted by Crippen LogP contribution is -2.39. The molecule has 1 aliphatic rings. The first-order chi connectivity index (χ1) is 8.84. The van der Waals surface area contributed by atoms with Crippen molar-refractivity contribution in [2.24, 2.45) is 0 Å². The first-order valence-corrected chi connectivity index (χ1v) is 6.30. The second-order valence-corrected chi connectivity index (χ2v) is 4.31. The lowest BCUT2D eigenvalue weighted by atomic mass is 10.3. The molecule has 0 bridgehead atoms. The summed E-state index contributed by atoms with van der Waals surface area (Å²) >= 11 is 0. The van der Waals surface area contributed by atoms with E-state index in [9.17, 15) is 4.79 Å². The quantitative estimate of drug-likeness (QED) is 0.702. The summed E-state index contributed by atoms with van der Waals surface area (Å²) in [5.41, 5.74) is 0. The minimum Gasteiger partial charge on any atom is -0.354 e. The SMILES string of the molecule is O=C(CN1CCCNCC1)NCCc1ncno1. The number of hydrogen-bond acceptors (Lipinski definition) is 6. The minimum atomic E-state index is 0.0522. The van der Waals surface area contributed by atoms with Crippen molar-refractivity contribution in [3.05, 3.63) is 12.2 Å². The fraction of sp³-hybridized carbons (Fsp3) is 0.727. The van der Waals surface area contributed by atoms with Crippen LogP contribution in [0.1, 0.15) is 12.3 Å². The molecular weight excluding hydrogens is 234 g/mol. The number of nitrogens with zero attached hydrogens (tertiary/aromatic N) is 3. The maximum absolute atomic E-state index is 11.7. The van der Waals surface area contributed by atoms with Crippen molar-refractivity contribution in [2.75, 3.05) is 39.3 Å². The summed E-state index contributed by atoms with van der Waals surface area (Å²) in [5, 5.41) is 9.68. The average Bonchev–Trinajstić information content (AvgIpc) is 2.74. The van der Waals surface area contributed by atoms with Crippen molar-refractivity contribution in [2.45, 2.75) is 12.8 Å². The molecule has 0 atom stereocenters. The molecule has 18 heavy (non-hydrogen) atoms. The largest absolute Gasteiger partial charge is 0.354 e. The van der Waals surface area contributed by atoms with Gasteiger partial charge in [-0.15, -0.1) is 0 Å². The Morgan fingerprint density at radius 2 is 2.44 bits per heavy atom. The number of amides is 1. The lowest BCUT2D eigenvalue weighted by molar-refractivity contribution is -0.122. The first kappa shape index (κ1) is 13.0. The van der Waals surface area contributed by atoms with Crippen LogP contribution in [-0.4, -0.2) is 60.2 Å². The molecule has 0 radical (unpaired) electrons. The lowest BCUT2D eigenvalue weighted by Gasteiger charge is -2.18. The zero-order valence-corrected chi connectivity index (χ0v) is 10.4. The van der Waals surface area contributed by atoms with Crippen molar-refractivity contribution in [3.8, 4) is 0 Å². The predicted octanol–water partition coefficient (Wildman–Crippen LogP) is -0.976. The van der Waals surface area contributed by atoms with Crippen molar-refractivity contribution in [3.63, 3.8) is 0 Å². The summed E-state index contributed by atoms with van der Waals surface area (Å²) < 4.78 is 4.85. The Kier molecular flexibility index (Phi) is 5.10. The molecular formula is C11H19N5O2. The summed E-state index contributed by atoms with van der Waals surface area (Å²) in [6.07, 6.45) is 3.03. The molecule has 0 aliphatic carbocycles. The van der Waals surface area contributed by atoms with Gasteiger partial charge in [0.25, 0.3) is 0 Å². The molecule has 2 heterocycles. The Morgan fingerprint density at radius 3 is 3.28 bits per heavy atom. The molecule has 2 N–H and O–H groups in total.